The lowest BCUT2D eigenvalue weighted by atomic mass is 10.2. The van der Waals surface area contributed by atoms with Crippen molar-refractivity contribution >= 4 is 17.5 Å². The molecule has 0 aliphatic rings. The van der Waals surface area contributed by atoms with Gasteiger partial charge in [-0.1, -0.05) is 11.6 Å². The minimum absolute atomic E-state index is 0.0568. The van der Waals surface area contributed by atoms with Gasteiger partial charge in [0.25, 0.3) is 5.91 Å². The Bertz CT molecular complexity index is 714. The van der Waals surface area contributed by atoms with E-state index < -0.39 is 23.3 Å². The van der Waals surface area contributed by atoms with E-state index in [1.807, 2.05) is 0 Å². The largest absolute Gasteiger partial charge is 0.434 e. The summed E-state index contributed by atoms with van der Waals surface area (Å²) in [5, 5.41) is 13.0. The van der Waals surface area contributed by atoms with Crippen molar-refractivity contribution in [3.05, 3.63) is 46.7 Å². The van der Waals surface area contributed by atoms with Crippen LogP contribution in [0.15, 0.2) is 30.5 Å². The van der Waals surface area contributed by atoms with Gasteiger partial charge >= 0.3 is 6.18 Å². The summed E-state index contributed by atoms with van der Waals surface area (Å²) >= 11 is 5.74. The van der Waals surface area contributed by atoms with Gasteiger partial charge in [0, 0.05) is 18.1 Å². The number of aromatic nitrogens is 2. The molecule has 0 bridgehead atoms. The van der Waals surface area contributed by atoms with Crippen LogP contribution in [0, 0.1) is 0 Å². The van der Waals surface area contributed by atoms with E-state index >= 15 is 0 Å². The van der Waals surface area contributed by atoms with Gasteiger partial charge in [-0.15, -0.1) is 0 Å². The molecule has 0 aliphatic heterocycles. The quantitative estimate of drug-likeness (QED) is 0.890. The number of likely N-dealkylation sites (N-methyl/N-ethyl adjacent to an activating group) is 1. The van der Waals surface area contributed by atoms with E-state index in [2.05, 4.69) is 5.10 Å². The van der Waals surface area contributed by atoms with E-state index in [4.69, 9.17) is 16.7 Å². The van der Waals surface area contributed by atoms with Crippen LogP contribution >= 0.6 is 11.6 Å². The van der Waals surface area contributed by atoms with Crippen molar-refractivity contribution in [1.29, 1.82) is 0 Å². The second-order valence-electron chi connectivity index (χ2n) is 4.90. The van der Waals surface area contributed by atoms with Gasteiger partial charge < -0.3 is 10.0 Å². The molecule has 5 nitrogen and oxygen atoms in total. The monoisotopic (exact) mass is 361 g/mol. The van der Waals surface area contributed by atoms with Crippen molar-refractivity contribution in [2.75, 3.05) is 19.7 Å². The van der Waals surface area contributed by atoms with Gasteiger partial charge in [-0.05, 0) is 31.2 Å². The summed E-state index contributed by atoms with van der Waals surface area (Å²) < 4.78 is 41.2. The number of hydrogen-bond donors (Lipinski definition) is 1. The van der Waals surface area contributed by atoms with Crippen LogP contribution in [0.2, 0.25) is 5.02 Å². The fourth-order valence-corrected chi connectivity index (χ4v) is 2.38. The molecule has 9 heteroatoms. The zero-order valence-corrected chi connectivity index (χ0v) is 13.5. The number of aliphatic hydroxyl groups excluding tert-OH is 1. The molecule has 0 atom stereocenters. The lowest BCUT2D eigenvalue weighted by molar-refractivity contribution is -0.143. The Labute approximate surface area is 141 Å². The maximum atomic E-state index is 13.5. The average molecular weight is 362 g/mol. The van der Waals surface area contributed by atoms with Crippen molar-refractivity contribution < 1.29 is 23.1 Å². The molecule has 24 heavy (non-hydrogen) atoms. The Hall–Kier alpha value is -2.06. The number of rotatable bonds is 5. The van der Waals surface area contributed by atoms with Crippen LogP contribution in [0.25, 0.3) is 5.69 Å². The molecule has 1 N–H and O–H groups in total. The van der Waals surface area contributed by atoms with Gasteiger partial charge in [0.1, 0.15) is 0 Å². The van der Waals surface area contributed by atoms with Crippen LogP contribution in [0.5, 0.6) is 0 Å². The number of halogens is 4. The summed E-state index contributed by atoms with van der Waals surface area (Å²) in [7, 11) is 0. The molecular formula is C15H15ClF3N3O2. The normalized spacial score (nSPS) is 11.6. The van der Waals surface area contributed by atoms with Crippen molar-refractivity contribution in [1.82, 2.24) is 14.7 Å². The standard InChI is InChI=1S/C15H15ClF3N3O2/c1-2-21(7-8-23)14(24)12-9-20-22(13(12)15(17,18)19)11-5-3-10(16)4-6-11/h3-6,9,23H,2,7-8H2,1H3. The zero-order chi connectivity index (χ0) is 17.9. The fourth-order valence-electron chi connectivity index (χ4n) is 2.25. The maximum Gasteiger partial charge on any atom is 0.434 e. The molecule has 0 saturated carbocycles. The first-order chi connectivity index (χ1) is 11.3. The molecule has 0 radical (unpaired) electrons. The Morgan fingerprint density at radius 1 is 1.33 bits per heavy atom. The number of benzene rings is 1. The van der Waals surface area contributed by atoms with Crippen LogP contribution in [-0.2, 0) is 6.18 Å². The van der Waals surface area contributed by atoms with E-state index in [0.717, 1.165) is 11.1 Å². The number of alkyl halides is 3. The van der Waals surface area contributed by atoms with Gasteiger partial charge in [0.15, 0.2) is 5.69 Å². The van der Waals surface area contributed by atoms with E-state index in [0.29, 0.717) is 9.70 Å². The second kappa shape index (κ2) is 7.23. The SMILES string of the molecule is CCN(CCO)C(=O)c1cnn(-c2ccc(Cl)cc2)c1C(F)(F)F. The molecule has 0 spiro atoms. The third kappa shape index (κ3) is 3.70. The lowest BCUT2D eigenvalue weighted by Gasteiger charge is -2.20. The molecule has 1 aromatic heterocycles. The summed E-state index contributed by atoms with van der Waals surface area (Å²) in [5.74, 6) is -0.834. The lowest BCUT2D eigenvalue weighted by Crippen LogP contribution is -2.34. The van der Waals surface area contributed by atoms with Crippen molar-refractivity contribution in [2.24, 2.45) is 0 Å². The molecule has 0 fully saturated rings. The molecule has 0 saturated heterocycles. The predicted molar refractivity (Wildman–Crippen MR) is 82.2 cm³/mol. The fraction of sp³-hybridized carbons (Fsp3) is 0.333. The summed E-state index contributed by atoms with van der Waals surface area (Å²) in [4.78, 5) is 13.5. The second-order valence-corrected chi connectivity index (χ2v) is 5.34. The van der Waals surface area contributed by atoms with E-state index in [1.54, 1.807) is 6.92 Å². The van der Waals surface area contributed by atoms with Gasteiger partial charge in [-0.25, -0.2) is 4.68 Å². The highest BCUT2D eigenvalue weighted by Crippen LogP contribution is 2.34. The van der Waals surface area contributed by atoms with E-state index in [-0.39, 0.29) is 25.4 Å². The van der Waals surface area contributed by atoms with Crippen LogP contribution < -0.4 is 0 Å². The van der Waals surface area contributed by atoms with E-state index in [1.165, 1.54) is 24.3 Å². The minimum Gasteiger partial charge on any atom is -0.395 e. The average Bonchev–Trinajstić information content (AvgIpc) is 2.98. The van der Waals surface area contributed by atoms with Gasteiger partial charge in [-0.3, -0.25) is 4.79 Å². The number of aliphatic hydroxyl groups is 1. The molecule has 2 aromatic rings. The third-order valence-electron chi connectivity index (χ3n) is 3.38. The molecule has 130 valence electrons. The smallest absolute Gasteiger partial charge is 0.395 e. The van der Waals surface area contributed by atoms with Crippen LogP contribution in [0.4, 0.5) is 13.2 Å². The topological polar surface area (TPSA) is 58.4 Å². The Morgan fingerprint density at radius 2 is 1.96 bits per heavy atom. The molecule has 1 heterocycles. The number of carbonyl (C=O) groups excluding carboxylic acids is 1. The van der Waals surface area contributed by atoms with Crippen molar-refractivity contribution in [3.8, 4) is 5.69 Å². The summed E-state index contributed by atoms with van der Waals surface area (Å²) in [5.41, 5.74) is -1.59. The summed E-state index contributed by atoms with van der Waals surface area (Å²) in [6, 6.07) is 5.63. The highest BCUT2D eigenvalue weighted by molar-refractivity contribution is 6.30. The Kier molecular flexibility index (Phi) is 5.51. The van der Waals surface area contributed by atoms with Crippen LogP contribution in [0.1, 0.15) is 23.0 Å². The van der Waals surface area contributed by atoms with Gasteiger partial charge in [0.05, 0.1) is 24.1 Å². The highest BCUT2D eigenvalue weighted by atomic mass is 35.5. The molecule has 2 rings (SSSR count). The molecular weight excluding hydrogens is 347 g/mol. The first-order valence-corrected chi connectivity index (χ1v) is 7.48. The van der Waals surface area contributed by atoms with Crippen LogP contribution in [0.3, 0.4) is 0 Å². The van der Waals surface area contributed by atoms with E-state index in [9.17, 15) is 18.0 Å². The van der Waals surface area contributed by atoms with Crippen molar-refractivity contribution in [3.63, 3.8) is 0 Å². The number of amides is 1. The molecule has 1 amide bonds. The first-order valence-electron chi connectivity index (χ1n) is 7.10. The summed E-state index contributed by atoms with van der Waals surface area (Å²) in [6.07, 6.45) is -3.89. The molecule has 0 unspecified atom stereocenters. The highest BCUT2D eigenvalue weighted by Gasteiger charge is 2.41. The van der Waals surface area contributed by atoms with Gasteiger partial charge in [-0.2, -0.15) is 18.3 Å². The zero-order valence-electron chi connectivity index (χ0n) is 12.7. The maximum absolute atomic E-state index is 13.5. The minimum atomic E-state index is -4.78. The van der Waals surface area contributed by atoms with Crippen molar-refractivity contribution in [2.45, 2.75) is 13.1 Å². The Morgan fingerprint density at radius 3 is 2.46 bits per heavy atom. The Balaban J connectivity index is 2.54. The van der Waals surface area contributed by atoms with Crippen LogP contribution in [-0.4, -0.2) is 45.4 Å². The third-order valence-corrected chi connectivity index (χ3v) is 3.63. The van der Waals surface area contributed by atoms with Gasteiger partial charge in [0.2, 0.25) is 0 Å². The predicted octanol–water partition coefficient (Wildman–Crippen LogP) is 3.00. The summed E-state index contributed by atoms with van der Waals surface area (Å²) in [6.45, 7) is 1.39. The molecule has 0 aliphatic carbocycles. The first kappa shape index (κ1) is 18.3. The number of hydrogen-bond acceptors (Lipinski definition) is 3. The molecule has 1 aromatic carbocycles. The number of carbonyl (C=O) groups is 1. The number of nitrogens with zero attached hydrogens (tertiary/aromatic N) is 3.